The van der Waals surface area contributed by atoms with Crippen LogP contribution in [0.1, 0.15) is 23.2 Å². The summed E-state index contributed by atoms with van der Waals surface area (Å²) in [6.45, 7) is 1.16. The van der Waals surface area contributed by atoms with E-state index in [1.807, 2.05) is 0 Å². The maximum Gasteiger partial charge on any atom is 0.254 e. The van der Waals surface area contributed by atoms with E-state index >= 15 is 0 Å². The fourth-order valence-electron chi connectivity index (χ4n) is 3.34. The number of benzene rings is 1. The van der Waals surface area contributed by atoms with Crippen molar-refractivity contribution in [3.8, 4) is 5.75 Å². The third-order valence-electron chi connectivity index (χ3n) is 4.47. The molecule has 5 heteroatoms. The van der Waals surface area contributed by atoms with E-state index in [1.54, 1.807) is 4.90 Å². The predicted molar refractivity (Wildman–Crippen MR) is 71.1 cm³/mol. The van der Waals surface area contributed by atoms with Gasteiger partial charge in [-0.3, -0.25) is 4.79 Å². The quantitative estimate of drug-likeness (QED) is 0.896. The number of nitrogens with zero attached hydrogens (tertiary/aromatic N) is 1. The average Bonchev–Trinajstić information content (AvgIpc) is 2.68. The zero-order chi connectivity index (χ0) is 14.3. The monoisotopic (exact) mass is 279 g/mol. The first-order chi connectivity index (χ1) is 9.60. The Bertz CT molecular complexity index is 520. The van der Waals surface area contributed by atoms with Crippen LogP contribution >= 0.6 is 0 Å². The molecule has 0 radical (unpaired) electrons. The van der Waals surface area contributed by atoms with Crippen molar-refractivity contribution in [1.82, 2.24) is 4.90 Å². The fourth-order valence-corrected chi connectivity index (χ4v) is 3.34. The van der Waals surface area contributed by atoms with Crippen LogP contribution in [0.3, 0.4) is 0 Å². The van der Waals surface area contributed by atoms with Crippen molar-refractivity contribution in [2.75, 3.05) is 20.2 Å². The van der Waals surface area contributed by atoms with Crippen LogP contribution in [0.5, 0.6) is 5.75 Å². The Morgan fingerprint density at radius 2 is 2.00 bits per heavy atom. The topological polar surface area (TPSA) is 49.8 Å². The minimum absolute atomic E-state index is 0.0795. The predicted octanol–water partition coefficient (Wildman–Crippen LogP) is 1.68. The van der Waals surface area contributed by atoms with E-state index in [0.717, 1.165) is 12.8 Å². The Morgan fingerprint density at radius 3 is 2.60 bits per heavy atom. The Labute approximate surface area is 117 Å². The second kappa shape index (κ2) is 5.05. The number of carbonyl (C=O) groups excluding carboxylic acids is 1. The summed E-state index contributed by atoms with van der Waals surface area (Å²) in [5.41, 5.74) is 0.430. The molecule has 0 aromatic heterocycles. The largest absolute Gasteiger partial charge is 0.494 e. The second-order valence-electron chi connectivity index (χ2n) is 5.65. The summed E-state index contributed by atoms with van der Waals surface area (Å²) in [5.74, 6) is -0.152. The van der Waals surface area contributed by atoms with E-state index in [-0.39, 0.29) is 29.6 Å². The van der Waals surface area contributed by atoms with Crippen molar-refractivity contribution in [2.24, 2.45) is 11.8 Å². The zero-order valence-electron chi connectivity index (χ0n) is 11.4. The van der Waals surface area contributed by atoms with Gasteiger partial charge in [-0.2, -0.15) is 0 Å². The van der Waals surface area contributed by atoms with Gasteiger partial charge in [0.05, 0.1) is 13.2 Å². The normalized spacial score (nSPS) is 28.6. The van der Waals surface area contributed by atoms with Crippen LogP contribution in [0.2, 0.25) is 0 Å². The number of fused-ring (bicyclic) bond motifs is 2. The van der Waals surface area contributed by atoms with E-state index in [9.17, 15) is 14.3 Å². The van der Waals surface area contributed by atoms with E-state index in [2.05, 4.69) is 0 Å². The van der Waals surface area contributed by atoms with E-state index in [4.69, 9.17) is 4.74 Å². The van der Waals surface area contributed by atoms with Crippen LogP contribution in [-0.4, -0.2) is 42.2 Å². The number of ether oxygens (including phenoxy) is 1. The molecule has 1 unspecified atom stereocenters. The smallest absolute Gasteiger partial charge is 0.254 e. The molecular weight excluding hydrogens is 261 g/mol. The molecule has 108 valence electrons. The number of piperidine rings is 1. The van der Waals surface area contributed by atoms with Crippen molar-refractivity contribution in [2.45, 2.75) is 18.9 Å². The highest BCUT2D eigenvalue weighted by atomic mass is 19.1. The summed E-state index contributed by atoms with van der Waals surface area (Å²) >= 11 is 0. The van der Waals surface area contributed by atoms with Gasteiger partial charge in [-0.15, -0.1) is 0 Å². The van der Waals surface area contributed by atoms with Gasteiger partial charge in [-0.25, -0.2) is 4.39 Å². The number of carbonyl (C=O) groups is 1. The number of hydrogen-bond acceptors (Lipinski definition) is 3. The third-order valence-corrected chi connectivity index (χ3v) is 4.47. The number of rotatable bonds is 2. The van der Waals surface area contributed by atoms with Crippen molar-refractivity contribution >= 4 is 5.91 Å². The third kappa shape index (κ3) is 2.16. The summed E-state index contributed by atoms with van der Waals surface area (Å²) < 4.78 is 18.3. The minimum atomic E-state index is -0.474. The molecule has 1 heterocycles. The molecule has 20 heavy (non-hydrogen) atoms. The maximum absolute atomic E-state index is 13.4. The SMILES string of the molecule is COc1cc(C(=O)N2C[C@H]3CC[C@@H](C2)C3O)ccc1F. The summed E-state index contributed by atoms with van der Waals surface area (Å²) in [7, 11) is 1.38. The highest BCUT2D eigenvalue weighted by Gasteiger charge is 2.42. The van der Waals surface area contributed by atoms with Crippen LogP contribution < -0.4 is 4.74 Å². The van der Waals surface area contributed by atoms with Gasteiger partial charge >= 0.3 is 0 Å². The standard InChI is InChI=1S/C15H18FNO3/c1-20-13-6-9(4-5-12(13)16)15(19)17-7-10-2-3-11(8-17)14(10)18/h4-6,10-11,14,18H,2-3,7-8H2,1H3/t10-,11+,14?. The van der Waals surface area contributed by atoms with Crippen molar-refractivity contribution in [3.05, 3.63) is 29.6 Å². The van der Waals surface area contributed by atoms with Gasteiger partial charge in [0.1, 0.15) is 0 Å². The average molecular weight is 279 g/mol. The lowest BCUT2D eigenvalue weighted by Gasteiger charge is -2.35. The van der Waals surface area contributed by atoms with Gasteiger partial charge in [0.25, 0.3) is 5.91 Å². The lowest BCUT2D eigenvalue weighted by atomic mass is 9.94. The minimum Gasteiger partial charge on any atom is -0.494 e. The number of aliphatic hydroxyl groups excluding tert-OH is 1. The number of hydrogen-bond donors (Lipinski definition) is 1. The first-order valence-electron chi connectivity index (χ1n) is 6.91. The Hall–Kier alpha value is -1.62. The molecule has 1 saturated carbocycles. The molecule has 1 N–H and O–H groups in total. The van der Waals surface area contributed by atoms with Crippen LogP contribution in [0.4, 0.5) is 4.39 Å². The fraction of sp³-hybridized carbons (Fsp3) is 0.533. The molecule has 1 aromatic rings. The van der Waals surface area contributed by atoms with E-state index in [0.29, 0.717) is 18.7 Å². The summed E-state index contributed by atoms with van der Waals surface area (Å²) in [6, 6.07) is 4.16. The van der Waals surface area contributed by atoms with Crippen molar-refractivity contribution in [3.63, 3.8) is 0 Å². The molecule has 0 spiro atoms. The van der Waals surface area contributed by atoms with E-state index < -0.39 is 5.82 Å². The molecule has 1 aliphatic carbocycles. The van der Waals surface area contributed by atoms with Crippen LogP contribution in [0.15, 0.2) is 18.2 Å². The number of likely N-dealkylation sites (tertiary alicyclic amines) is 1. The van der Waals surface area contributed by atoms with Gasteiger partial charge in [0.2, 0.25) is 0 Å². The summed E-state index contributed by atoms with van der Waals surface area (Å²) in [5, 5.41) is 9.99. The van der Waals surface area contributed by atoms with Gasteiger partial charge < -0.3 is 14.7 Å². The number of methoxy groups -OCH3 is 1. The molecule has 1 saturated heterocycles. The van der Waals surface area contributed by atoms with Gasteiger partial charge in [0, 0.05) is 30.5 Å². The van der Waals surface area contributed by atoms with E-state index in [1.165, 1.54) is 25.3 Å². The molecule has 1 aliphatic heterocycles. The highest BCUT2D eigenvalue weighted by molar-refractivity contribution is 5.94. The number of halogens is 1. The Morgan fingerprint density at radius 1 is 1.35 bits per heavy atom. The number of amides is 1. The number of aliphatic hydroxyl groups is 1. The molecule has 2 aliphatic rings. The Kier molecular flexibility index (Phi) is 3.38. The van der Waals surface area contributed by atoms with Crippen LogP contribution in [-0.2, 0) is 0 Å². The molecule has 2 fully saturated rings. The van der Waals surface area contributed by atoms with Gasteiger partial charge in [-0.05, 0) is 31.0 Å². The van der Waals surface area contributed by atoms with Gasteiger partial charge in [-0.1, -0.05) is 0 Å². The lowest BCUT2D eigenvalue weighted by molar-refractivity contribution is 0.0166. The maximum atomic E-state index is 13.4. The Balaban J connectivity index is 1.80. The van der Waals surface area contributed by atoms with Crippen LogP contribution in [0, 0.1) is 17.7 Å². The molecule has 1 aromatic carbocycles. The molecule has 3 rings (SSSR count). The summed E-state index contributed by atoms with van der Waals surface area (Å²) in [6.07, 6.45) is 1.67. The lowest BCUT2D eigenvalue weighted by Crippen LogP contribution is -2.47. The summed E-state index contributed by atoms with van der Waals surface area (Å²) in [4.78, 5) is 14.2. The first-order valence-corrected chi connectivity index (χ1v) is 6.91. The second-order valence-corrected chi connectivity index (χ2v) is 5.65. The zero-order valence-corrected chi connectivity index (χ0v) is 11.4. The molecular formula is C15H18FNO3. The molecule has 1 amide bonds. The van der Waals surface area contributed by atoms with Gasteiger partial charge in [0.15, 0.2) is 11.6 Å². The van der Waals surface area contributed by atoms with Crippen LogP contribution in [0.25, 0.3) is 0 Å². The molecule has 2 bridgehead atoms. The van der Waals surface area contributed by atoms with Crippen molar-refractivity contribution in [1.29, 1.82) is 0 Å². The molecule has 3 atom stereocenters. The highest BCUT2D eigenvalue weighted by Crippen LogP contribution is 2.37. The molecule has 4 nitrogen and oxygen atoms in total. The first kappa shape index (κ1) is 13.4. The van der Waals surface area contributed by atoms with Crippen molar-refractivity contribution < 1.29 is 19.0 Å².